The van der Waals surface area contributed by atoms with Crippen molar-refractivity contribution >= 4 is 25.6 Å². The number of hydrogen-bond acceptors (Lipinski definition) is 5. The molecule has 0 radical (unpaired) electrons. The van der Waals surface area contributed by atoms with Crippen LogP contribution < -0.4 is 5.32 Å². The fraction of sp³-hybridized carbons (Fsp3) is 0.636. The van der Waals surface area contributed by atoms with Crippen LogP contribution in [0.1, 0.15) is 37.0 Å². The van der Waals surface area contributed by atoms with Crippen LogP contribution in [0.25, 0.3) is 0 Å². The summed E-state index contributed by atoms with van der Waals surface area (Å²) in [7, 11) is 2.83. The van der Waals surface area contributed by atoms with Crippen molar-refractivity contribution in [3.8, 4) is 0 Å². The number of aromatic nitrogens is 2. The number of carbonyl (C=O) groups is 1. The highest BCUT2D eigenvalue weighted by atomic mass is 35.7. The number of nitrogens with one attached hydrogen (secondary N) is 2. The molecule has 0 aliphatic rings. The molecule has 0 aliphatic heterocycles. The maximum atomic E-state index is 12.0. The van der Waals surface area contributed by atoms with E-state index in [4.69, 9.17) is 15.4 Å². The Kier molecular flexibility index (Phi) is 5.17. The third kappa shape index (κ3) is 3.94. The van der Waals surface area contributed by atoms with E-state index in [0.717, 1.165) is 0 Å². The van der Waals surface area contributed by atoms with Gasteiger partial charge in [0.25, 0.3) is 15.0 Å². The zero-order valence-corrected chi connectivity index (χ0v) is 13.4. The van der Waals surface area contributed by atoms with E-state index < -0.39 is 20.6 Å². The first kappa shape index (κ1) is 16.9. The van der Waals surface area contributed by atoms with Gasteiger partial charge in [0.05, 0.1) is 11.3 Å². The van der Waals surface area contributed by atoms with Crippen molar-refractivity contribution < 1.29 is 17.9 Å². The zero-order valence-electron chi connectivity index (χ0n) is 11.8. The van der Waals surface area contributed by atoms with Gasteiger partial charge in [0.15, 0.2) is 5.69 Å². The van der Waals surface area contributed by atoms with Crippen LogP contribution in [0.2, 0.25) is 0 Å². The molecule has 0 spiro atoms. The minimum atomic E-state index is -4.05. The molecule has 1 heterocycles. The second-order valence-corrected chi connectivity index (χ2v) is 7.32. The number of halogens is 1. The zero-order chi connectivity index (χ0) is 15.6. The number of hydrogen-bond donors (Lipinski definition) is 2. The largest absolute Gasteiger partial charge is 0.377 e. The van der Waals surface area contributed by atoms with E-state index in [1.807, 2.05) is 0 Å². The second kappa shape index (κ2) is 6.11. The lowest BCUT2D eigenvalue weighted by Crippen LogP contribution is -2.40. The smallest absolute Gasteiger partial charge is 0.273 e. The number of aryl methyl sites for hydroxylation is 1. The van der Waals surface area contributed by atoms with Gasteiger partial charge >= 0.3 is 0 Å². The minimum Gasteiger partial charge on any atom is -0.377 e. The van der Waals surface area contributed by atoms with Crippen molar-refractivity contribution in [3.05, 3.63) is 11.4 Å². The molecule has 0 atom stereocenters. The Morgan fingerprint density at radius 3 is 2.55 bits per heavy atom. The van der Waals surface area contributed by atoms with E-state index in [9.17, 15) is 13.2 Å². The van der Waals surface area contributed by atoms with Crippen LogP contribution in [0.15, 0.2) is 4.90 Å². The summed E-state index contributed by atoms with van der Waals surface area (Å²) in [4.78, 5) is 11.8. The first-order valence-corrected chi connectivity index (χ1v) is 8.28. The van der Waals surface area contributed by atoms with Gasteiger partial charge in [0.1, 0.15) is 4.90 Å². The van der Waals surface area contributed by atoms with Crippen molar-refractivity contribution in [2.45, 2.75) is 37.7 Å². The van der Waals surface area contributed by atoms with E-state index in [0.29, 0.717) is 12.1 Å². The molecular weight excluding hydrogens is 306 g/mol. The molecule has 7 nitrogen and oxygen atoms in total. The van der Waals surface area contributed by atoms with Gasteiger partial charge in [0.2, 0.25) is 0 Å². The lowest BCUT2D eigenvalue weighted by molar-refractivity contribution is 0.0228. The molecule has 1 rings (SSSR count). The lowest BCUT2D eigenvalue weighted by atomic mass is 10.1. The number of carbonyl (C=O) groups excluding carboxylic acids is 1. The van der Waals surface area contributed by atoms with Crippen LogP contribution in [0, 0.1) is 0 Å². The maximum Gasteiger partial charge on any atom is 0.273 e. The van der Waals surface area contributed by atoms with Crippen molar-refractivity contribution in [3.63, 3.8) is 0 Å². The molecule has 0 unspecified atom stereocenters. The van der Waals surface area contributed by atoms with Gasteiger partial charge in [-0.2, -0.15) is 5.10 Å². The van der Waals surface area contributed by atoms with E-state index in [-0.39, 0.29) is 17.1 Å². The SMILES string of the molecule is CCc1[nH]nc(C(=O)NCC(C)(C)OC)c1S(=O)(=O)Cl. The fourth-order valence-electron chi connectivity index (χ4n) is 1.47. The highest BCUT2D eigenvalue weighted by Crippen LogP contribution is 2.23. The minimum absolute atomic E-state index is 0.207. The molecule has 2 N–H and O–H groups in total. The first-order valence-electron chi connectivity index (χ1n) is 5.97. The van der Waals surface area contributed by atoms with Crippen molar-refractivity contribution in [2.24, 2.45) is 0 Å². The average molecular weight is 324 g/mol. The van der Waals surface area contributed by atoms with E-state index in [1.54, 1.807) is 20.8 Å². The maximum absolute atomic E-state index is 12.0. The van der Waals surface area contributed by atoms with Crippen LogP contribution in [0.5, 0.6) is 0 Å². The summed E-state index contributed by atoms with van der Waals surface area (Å²) in [5.74, 6) is -0.620. The van der Waals surface area contributed by atoms with Gasteiger partial charge in [-0.3, -0.25) is 9.89 Å². The Hall–Kier alpha value is -1.12. The predicted octanol–water partition coefficient (Wildman–Crippen LogP) is 1.05. The van der Waals surface area contributed by atoms with Gasteiger partial charge in [-0.25, -0.2) is 8.42 Å². The third-order valence-corrected chi connectivity index (χ3v) is 4.22. The third-order valence-electron chi connectivity index (χ3n) is 2.83. The molecule has 0 saturated carbocycles. The number of H-pyrrole nitrogens is 1. The summed E-state index contributed by atoms with van der Waals surface area (Å²) in [5.41, 5.74) is -0.501. The van der Waals surface area contributed by atoms with E-state index in [2.05, 4.69) is 15.5 Å². The topological polar surface area (TPSA) is 101 Å². The molecule has 0 saturated heterocycles. The second-order valence-electron chi connectivity index (χ2n) is 4.82. The fourth-order valence-corrected chi connectivity index (χ4v) is 2.83. The average Bonchev–Trinajstić information content (AvgIpc) is 2.79. The summed E-state index contributed by atoms with van der Waals surface area (Å²) in [6, 6.07) is 0. The van der Waals surface area contributed by atoms with Crippen LogP contribution in [0.3, 0.4) is 0 Å². The quantitative estimate of drug-likeness (QED) is 0.762. The summed E-state index contributed by atoms with van der Waals surface area (Å²) in [6.07, 6.45) is 0.366. The van der Waals surface area contributed by atoms with Gasteiger partial charge in [-0.05, 0) is 20.3 Å². The van der Waals surface area contributed by atoms with E-state index >= 15 is 0 Å². The number of ether oxygens (including phenoxy) is 1. The highest BCUT2D eigenvalue weighted by Gasteiger charge is 2.28. The molecule has 114 valence electrons. The van der Waals surface area contributed by atoms with Crippen molar-refractivity contribution in [2.75, 3.05) is 13.7 Å². The van der Waals surface area contributed by atoms with Gasteiger partial charge in [0, 0.05) is 24.3 Å². The molecule has 20 heavy (non-hydrogen) atoms. The molecule has 0 bridgehead atoms. The van der Waals surface area contributed by atoms with Gasteiger partial charge < -0.3 is 10.1 Å². The Bertz CT molecular complexity index is 595. The van der Waals surface area contributed by atoms with Crippen molar-refractivity contribution in [1.82, 2.24) is 15.5 Å². The number of nitrogens with zero attached hydrogens (tertiary/aromatic N) is 1. The van der Waals surface area contributed by atoms with Crippen molar-refractivity contribution in [1.29, 1.82) is 0 Å². The number of amides is 1. The summed E-state index contributed by atoms with van der Waals surface area (Å²) in [5, 5.41) is 8.83. The number of rotatable bonds is 6. The number of aromatic amines is 1. The van der Waals surface area contributed by atoms with Crippen LogP contribution in [0.4, 0.5) is 0 Å². The monoisotopic (exact) mass is 323 g/mol. The summed E-state index contributed by atoms with van der Waals surface area (Å²) < 4.78 is 28.3. The molecule has 9 heteroatoms. The lowest BCUT2D eigenvalue weighted by Gasteiger charge is -2.22. The highest BCUT2D eigenvalue weighted by molar-refractivity contribution is 8.13. The Balaban J connectivity index is 3.03. The molecule has 0 fully saturated rings. The van der Waals surface area contributed by atoms with Gasteiger partial charge in [-0.15, -0.1) is 0 Å². The summed E-state index contributed by atoms with van der Waals surface area (Å²) in [6.45, 7) is 5.51. The first-order chi connectivity index (χ1) is 9.12. The Morgan fingerprint density at radius 1 is 1.50 bits per heavy atom. The predicted molar refractivity (Wildman–Crippen MR) is 74.4 cm³/mol. The molecule has 1 amide bonds. The molecular formula is C11H18ClN3O4S. The molecule has 1 aromatic heterocycles. The molecule has 0 aromatic carbocycles. The van der Waals surface area contributed by atoms with Crippen LogP contribution in [-0.2, 0) is 20.2 Å². The molecule has 1 aromatic rings. The van der Waals surface area contributed by atoms with E-state index in [1.165, 1.54) is 7.11 Å². The van der Waals surface area contributed by atoms with Gasteiger partial charge in [-0.1, -0.05) is 6.92 Å². The normalized spacial score (nSPS) is 12.4. The Morgan fingerprint density at radius 2 is 2.10 bits per heavy atom. The summed E-state index contributed by atoms with van der Waals surface area (Å²) >= 11 is 0. The number of methoxy groups -OCH3 is 1. The Labute approximate surface area is 122 Å². The molecule has 0 aliphatic carbocycles. The van der Waals surface area contributed by atoms with Crippen LogP contribution in [-0.4, -0.2) is 43.8 Å². The van der Waals surface area contributed by atoms with Crippen LogP contribution >= 0.6 is 10.7 Å². The standard InChI is InChI=1S/C11H18ClN3O4S/c1-5-7-9(20(12,17)18)8(15-14-7)10(16)13-6-11(2,3)19-4/h5-6H2,1-4H3,(H,13,16)(H,14,15).